The zero-order valence-corrected chi connectivity index (χ0v) is 16.5. The van der Waals surface area contributed by atoms with Gasteiger partial charge in [0, 0.05) is 34.5 Å². The van der Waals surface area contributed by atoms with E-state index in [1.165, 1.54) is 6.92 Å². The molecule has 5 nitrogen and oxygen atoms in total. The largest absolute Gasteiger partial charge is 0.456 e. The minimum Gasteiger partial charge on any atom is -0.456 e. The maximum atomic E-state index is 12.6. The van der Waals surface area contributed by atoms with Crippen LogP contribution in [0.5, 0.6) is 0 Å². The van der Waals surface area contributed by atoms with E-state index in [1.54, 1.807) is 24.3 Å². The van der Waals surface area contributed by atoms with Gasteiger partial charge in [0.05, 0.1) is 12.5 Å². The van der Waals surface area contributed by atoms with Crippen LogP contribution in [0, 0.1) is 0 Å². The summed E-state index contributed by atoms with van der Waals surface area (Å²) in [6.45, 7) is 1.43. The van der Waals surface area contributed by atoms with Crippen LogP contribution < -0.4 is 10.6 Å². The van der Waals surface area contributed by atoms with Crippen LogP contribution in [0.25, 0.3) is 21.9 Å². The van der Waals surface area contributed by atoms with E-state index in [1.807, 2.05) is 42.5 Å². The number of nitrogens with one attached hydrogen (secondary N) is 2. The number of para-hydroxylation sites is 1. The quantitative estimate of drug-likeness (QED) is 0.463. The summed E-state index contributed by atoms with van der Waals surface area (Å²) in [5.74, 6) is -0.421. The van der Waals surface area contributed by atoms with Crippen LogP contribution >= 0.6 is 11.6 Å². The van der Waals surface area contributed by atoms with Crippen molar-refractivity contribution in [3.63, 3.8) is 0 Å². The fourth-order valence-electron chi connectivity index (χ4n) is 3.39. The zero-order chi connectivity index (χ0) is 20.4. The van der Waals surface area contributed by atoms with Gasteiger partial charge in [-0.25, -0.2) is 0 Å². The number of rotatable bonds is 5. The Labute approximate surface area is 172 Å². The average Bonchev–Trinajstić information content (AvgIpc) is 3.05. The summed E-state index contributed by atoms with van der Waals surface area (Å²) in [6, 6.07) is 20.0. The zero-order valence-electron chi connectivity index (χ0n) is 15.7. The van der Waals surface area contributed by atoms with E-state index in [4.69, 9.17) is 16.0 Å². The number of hydrogen-bond donors (Lipinski definition) is 2. The molecule has 6 heteroatoms. The first-order valence-corrected chi connectivity index (χ1v) is 9.61. The Morgan fingerprint density at radius 2 is 1.69 bits per heavy atom. The van der Waals surface area contributed by atoms with Crippen LogP contribution in [-0.4, -0.2) is 11.8 Å². The lowest BCUT2D eigenvalue weighted by Crippen LogP contribution is -2.29. The molecule has 0 fully saturated rings. The van der Waals surface area contributed by atoms with Gasteiger partial charge in [-0.05, 0) is 35.9 Å². The predicted molar refractivity (Wildman–Crippen MR) is 115 cm³/mol. The number of carbonyl (C=O) groups excluding carboxylic acids is 2. The molecule has 0 bridgehead atoms. The summed E-state index contributed by atoms with van der Waals surface area (Å²) in [6.07, 6.45) is 0.0966. The fourth-order valence-corrected chi connectivity index (χ4v) is 3.52. The highest BCUT2D eigenvalue weighted by atomic mass is 35.5. The van der Waals surface area contributed by atoms with Gasteiger partial charge >= 0.3 is 0 Å². The third-order valence-electron chi connectivity index (χ3n) is 4.70. The second-order valence-corrected chi connectivity index (χ2v) is 7.30. The van der Waals surface area contributed by atoms with Crippen LogP contribution in [0.4, 0.5) is 5.69 Å². The third kappa shape index (κ3) is 4.25. The first-order chi connectivity index (χ1) is 14.0. The van der Waals surface area contributed by atoms with Crippen LogP contribution in [0.2, 0.25) is 5.02 Å². The van der Waals surface area contributed by atoms with Crippen molar-refractivity contribution < 1.29 is 14.0 Å². The van der Waals surface area contributed by atoms with E-state index >= 15 is 0 Å². The molecule has 146 valence electrons. The molecule has 0 saturated heterocycles. The number of halogens is 1. The normalized spacial score (nSPS) is 12.1. The highest BCUT2D eigenvalue weighted by Gasteiger charge is 2.18. The standard InChI is InChI=1S/C23H19ClN2O3/c1-14(27)25-20(15-6-8-16(24)9-7-15)13-23(28)26-17-10-11-19-18-4-2-3-5-21(18)29-22(19)12-17/h2-12,20H,13H2,1H3,(H,25,27)(H,26,28). The maximum Gasteiger partial charge on any atom is 0.226 e. The molecule has 0 aliphatic rings. The molecule has 1 heterocycles. The van der Waals surface area contributed by atoms with Crippen molar-refractivity contribution in [2.75, 3.05) is 5.32 Å². The van der Waals surface area contributed by atoms with Crippen molar-refractivity contribution in [1.29, 1.82) is 0 Å². The Hall–Kier alpha value is -3.31. The Morgan fingerprint density at radius 1 is 0.966 bits per heavy atom. The van der Waals surface area contributed by atoms with Crippen molar-refractivity contribution in [1.82, 2.24) is 5.32 Å². The van der Waals surface area contributed by atoms with Gasteiger partial charge in [-0.15, -0.1) is 0 Å². The Kier molecular flexibility index (Phi) is 5.23. The highest BCUT2D eigenvalue weighted by molar-refractivity contribution is 6.30. The van der Waals surface area contributed by atoms with E-state index in [-0.39, 0.29) is 18.2 Å². The number of amides is 2. The molecular formula is C23H19ClN2O3. The molecule has 0 spiro atoms. The maximum absolute atomic E-state index is 12.6. The summed E-state index contributed by atoms with van der Waals surface area (Å²) in [7, 11) is 0. The van der Waals surface area contributed by atoms with Gasteiger partial charge < -0.3 is 15.1 Å². The lowest BCUT2D eigenvalue weighted by molar-refractivity contribution is -0.120. The van der Waals surface area contributed by atoms with Crippen LogP contribution in [0.15, 0.2) is 71.1 Å². The van der Waals surface area contributed by atoms with E-state index in [2.05, 4.69) is 10.6 Å². The first-order valence-electron chi connectivity index (χ1n) is 9.23. The number of fused-ring (bicyclic) bond motifs is 3. The van der Waals surface area contributed by atoms with Gasteiger partial charge in [-0.1, -0.05) is 41.9 Å². The Morgan fingerprint density at radius 3 is 2.45 bits per heavy atom. The van der Waals surface area contributed by atoms with Crippen molar-refractivity contribution in [2.24, 2.45) is 0 Å². The predicted octanol–water partition coefficient (Wildman–Crippen LogP) is 5.45. The summed E-state index contributed by atoms with van der Waals surface area (Å²) >= 11 is 5.94. The smallest absolute Gasteiger partial charge is 0.226 e. The highest BCUT2D eigenvalue weighted by Crippen LogP contribution is 2.30. The molecule has 0 aliphatic carbocycles. The van der Waals surface area contributed by atoms with Gasteiger partial charge in [0.2, 0.25) is 11.8 Å². The van der Waals surface area contributed by atoms with E-state index in [0.717, 1.165) is 21.9 Å². The average molecular weight is 407 g/mol. The number of carbonyl (C=O) groups is 2. The van der Waals surface area contributed by atoms with Crippen LogP contribution in [-0.2, 0) is 9.59 Å². The lowest BCUT2D eigenvalue weighted by Gasteiger charge is -2.18. The SMILES string of the molecule is CC(=O)NC(CC(=O)Nc1ccc2c(c1)oc1ccccc12)c1ccc(Cl)cc1. The number of furan rings is 1. The molecule has 3 aromatic carbocycles. The fraction of sp³-hybridized carbons (Fsp3) is 0.130. The van der Waals surface area contributed by atoms with Gasteiger partial charge in [0.1, 0.15) is 11.2 Å². The number of hydrogen-bond acceptors (Lipinski definition) is 3. The second-order valence-electron chi connectivity index (χ2n) is 6.87. The summed E-state index contributed by atoms with van der Waals surface area (Å²) < 4.78 is 5.87. The lowest BCUT2D eigenvalue weighted by atomic mass is 10.0. The molecule has 0 radical (unpaired) electrons. The molecule has 29 heavy (non-hydrogen) atoms. The van der Waals surface area contributed by atoms with Crippen LogP contribution in [0.3, 0.4) is 0 Å². The number of benzene rings is 3. The molecule has 1 unspecified atom stereocenters. The van der Waals surface area contributed by atoms with E-state index in [9.17, 15) is 9.59 Å². The molecule has 2 amide bonds. The van der Waals surface area contributed by atoms with Gasteiger partial charge in [0.15, 0.2) is 0 Å². The molecule has 0 saturated carbocycles. The van der Waals surface area contributed by atoms with Crippen molar-refractivity contribution >= 4 is 51.0 Å². The van der Waals surface area contributed by atoms with Crippen molar-refractivity contribution in [3.8, 4) is 0 Å². The Balaban J connectivity index is 1.53. The molecular weight excluding hydrogens is 388 g/mol. The molecule has 1 aromatic heterocycles. The van der Waals surface area contributed by atoms with Gasteiger partial charge in [-0.3, -0.25) is 9.59 Å². The summed E-state index contributed by atoms with van der Waals surface area (Å²) in [5.41, 5.74) is 2.96. The molecule has 0 aliphatic heterocycles. The molecule has 4 aromatic rings. The van der Waals surface area contributed by atoms with Crippen molar-refractivity contribution in [3.05, 3.63) is 77.3 Å². The molecule has 4 rings (SSSR count). The molecule has 1 atom stereocenters. The van der Waals surface area contributed by atoms with Gasteiger partial charge in [-0.2, -0.15) is 0 Å². The summed E-state index contributed by atoms with van der Waals surface area (Å²) in [5, 5.41) is 8.33. The third-order valence-corrected chi connectivity index (χ3v) is 4.95. The topological polar surface area (TPSA) is 71.3 Å². The van der Waals surface area contributed by atoms with E-state index < -0.39 is 6.04 Å². The first kappa shape index (κ1) is 19.0. The second kappa shape index (κ2) is 7.97. The minimum atomic E-state index is -0.445. The van der Waals surface area contributed by atoms with Gasteiger partial charge in [0.25, 0.3) is 0 Å². The monoisotopic (exact) mass is 406 g/mol. The number of anilines is 1. The minimum absolute atomic E-state index is 0.0966. The summed E-state index contributed by atoms with van der Waals surface area (Å²) in [4.78, 5) is 24.2. The van der Waals surface area contributed by atoms with E-state index in [0.29, 0.717) is 16.3 Å². The Bertz CT molecular complexity index is 1200. The van der Waals surface area contributed by atoms with Crippen LogP contribution in [0.1, 0.15) is 24.9 Å². The molecule has 2 N–H and O–H groups in total. The van der Waals surface area contributed by atoms with Crippen molar-refractivity contribution in [2.45, 2.75) is 19.4 Å².